The molecule has 1 heterocycles. The van der Waals surface area contributed by atoms with Gasteiger partial charge in [0.05, 0.1) is 22.9 Å². The van der Waals surface area contributed by atoms with Gasteiger partial charge in [-0.05, 0) is 31.2 Å². The number of amides is 1. The van der Waals surface area contributed by atoms with Crippen molar-refractivity contribution in [3.8, 4) is 0 Å². The SMILES string of the molecule is C[C@H](OC(=O)Cn1cnc2ccccc2c1=O)C(=O)Nc1ccc(F)c(F)c1F. The number of esters is 1. The van der Waals surface area contributed by atoms with E-state index < -0.39 is 53.2 Å². The molecule has 10 heteroatoms. The number of hydrogen-bond donors (Lipinski definition) is 1. The molecule has 1 N–H and O–H groups in total. The summed E-state index contributed by atoms with van der Waals surface area (Å²) < 4.78 is 45.7. The Balaban J connectivity index is 1.66. The highest BCUT2D eigenvalue weighted by Gasteiger charge is 2.21. The highest BCUT2D eigenvalue weighted by atomic mass is 19.2. The van der Waals surface area contributed by atoms with Gasteiger partial charge in [-0.25, -0.2) is 18.2 Å². The van der Waals surface area contributed by atoms with E-state index in [1.165, 1.54) is 13.3 Å². The molecule has 29 heavy (non-hydrogen) atoms. The first-order chi connectivity index (χ1) is 13.8. The minimum Gasteiger partial charge on any atom is -0.451 e. The highest BCUT2D eigenvalue weighted by molar-refractivity contribution is 5.95. The molecule has 0 spiro atoms. The lowest BCUT2D eigenvalue weighted by Crippen LogP contribution is -2.33. The number of para-hydroxylation sites is 1. The zero-order chi connectivity index (χ0) is 21.1. The van der Waals surface area contributed by atoms with E-state index in [1.807, 2.05) is 5.32 Å². The van der Waals surface area contributed by atoms with Crippen LogP contribution in [0.3, 0.4) is 0 Å². The van der Waals surface area contributed by atoms with E-state index in [0.717, 1.165) is 10.6 Å². The normalized spacial score (nSPS) is 11.9. The van der Waals surface area contributed by atoms with E-state index in [1.54, 1.807) is 24.3 Å². The van der Waals surface area contributed by atoms with Crippen molar-refractivity contribution in [2.75, 3.05) is 5.32 Å². The molecule has 0 bridgehead atoms. The Morgan fingerprint density at radius 3 is 2.62 bits per heavy atom. The summed E-state index contributed by atoms with van der Waals surface area (Å²) in [4.78, 5) is 40.5. The molecule has 2 aromatic carbocycles. The number of carbonyl (C=O) groups is 2. The number of aromatic nitrogens is 2. The molecule has 0 saturated heterocycles. The Bertz CT molecular complexity index is 1160. The fraction of sp³-hybridized carbons (Fsp3) is 0.158. The molecular formula is C19H14F3N3O4. The smallest absolute Gasteiger partial charge is 0.326 e. The second-order valence-corrected chi connectivity index (χ2v) is 6.04. The fourth-order valence-electron chi connectivity index (χ4n) is 2.50. The molecule has 7 nitrogen and oxygen atoms in total. The van der Waals surface area contributed by atoms with Gasteiger partial charge in [0, 0.05) is 0 Å². The van der Waals surface area contributed by atoms with Gasteiger partial charge < -0.3 is 10.1 Å². The second-order valence-electron chi connectivity index (χ2n) is 6.04. The minimum absolute atomic E-state index is 0.308. The number of fused-ring (bicyclic) bond motifs is 1. The number of hydrogen-bond acceptors (Lipinski definition) is 5. The lowest BCUT2D eigenvalue weighted by Gasteiger charge is -2.14. The number of ether oxygens (including phenoxy) is 1. The van der Waals surface area contributed by atoms with Gasteiger partial charge in [0.15, 0.2) is 23.6 Å². The maximum Gasteiger partial charge on any atom is 0.326 e. The number of nitrogens with one attached hydrogen (secondary N) is 1. The highest BCUT2D eigenvalue weighted by Crippen LogP contribution is 2.20. The van der Waals surface area contributed by atoms with Crippen molar-refractivity contribution in [1.82, 2.24) is 9.55 Å². The lowest BCUT2D eigenvalue weighted by molar-refractivity contribution is -0.153. The topological polar surface area (TPSA) is 90.3 Å². The van der Waals surface area contributed by atoms with Gasteiger partial charge in [-0.3, -0.25) is 19.0 Å². The maximum absolute atomic E-state index is 13.6. The van der Waals surface area contributed by atoms with Crippen LogP contribution in [-0.2, 0) is 20.9 Å². The Hall–Kier alpha value is -3.69. The maximum atomic E-state index is 13.6. The zero-order valence-electron chi connectivity index (χ0n) is 15.0. The molecule has 150 valence electrons. The quantitative estimate of drug-likeness (QED) is 0.520. The van der Waals surface area contributed by atoms with E-state index in [4.69, 9.17) is 4.74 Å². The van der Waals surface area contributed by atoms with Crippen LogP contribution >= 0.6 is 0 Å². The van der Waals surface area contributed by atoms with Gasteiger partial charge in [0.25, 0.3) is 11.5 Å². The van der Waals surface area contributed by atoms with E-state index >= 15 is 0 Å². The second kappa shape index (κ2) is 8.13. The van der Waals surface area contributed by atoms with Crippen molar-refractivity contribution in [2.45, 2.75) is 19.6 Å². The lowest BCUT2D eigenvalue weighted by atomic mass is 10.2. The first-order valence-electron chi connectivity index (χ1n) is 8.36. The summed E-state index contributed by atoms with van der Waals surface area (Å²) in [6.45, 7) is 0.695. The van der Waals surface area contributed by atoms with Gasteiger partial charge in [-0.2, -0.15) is 0 Å². The Kier molecular flexibility index (Phi) is 5.62. The van der Waals surface area contributed by atoms with Crippen LogP contribution in [0, 0.1) is 17.5 Å². The van der Waals surface area contributed by atoms with Gasteiger partial charge in [0.1, 0.15) is 6.54 Å². The third-order valence-electron chi connectivity index (χ3n) is 4.00. The number of rotatable bonds is 5. The van der Waals surface area contributed by atoms with Crippen molar-refractivity contribution in [1.29, 1.82) is 0 Å². The first kappa shape index (κ1) is 20.1. The predicted molar refractivity (Wildman–Crippen MR) is 96.5 cm³/mol. The van der Waals surface area contributed by atoms with Crippen molar-refractivity contribution in [3.63, 3.8) is 0 Å². The van der Waals surface area contributed by atoms with E-state index in [9.17, 15) is 27.6 Å². The number of anilines is 1. The van der Waals surface area contributed by atoms with Crippen LogP contribution in [-0.4, -0.2) is 27.5 Å². The number of carbonyl (C=O) groups excluding carboxylic acids is 2. The van der Waals surface area contributed by atoms with Crippen LogP contribution in [0.25, 0.3) is 10.9 Å². The Morgan fingerprint density at radius 2 is 1.86 bits per heavy atom. The average molecular weight is 405 g/mol. The molecule has 0 fully saturated rings. The Labute approximate surface area is 161 Å². The third kappa shape index (κ3) is 4.26. The van der Waals surface area contributed by atoms with Crippen molar-refractivity contribution < 1.29 is 27.5 Å². The van der Waals surface area contributed by atoms with Crippen LogP contribution in [0.5, 0.6) is 0 Å². The number of nitrogens with zero attached hydrogens (tertiary/aromatic N) is 2. The zero-order valence-corrected chi connectivity index (χ0v) is 15.0. The molecule has 1 aromatic heterocycles. The van der Waals surface area contributed by atoms with Gasteiger partial charge in [-0.1, -0.05) is 12.1 Å². The molecule has 1 atom stereocenters. The van der Waals surface area contributed by atoms with Crippen molar-refractivity contribution in [2.24, 2.45) is 0 Å². The minimum atomic E-state index is -1.74. The largest absolute Gasteiger partial charge is 0.451 e. The summed E-state index contributed by atoms with van der Waals surface area (Å²) in [5.74, 6) is -6.61. The third-order valence-corrected chi connectivity index (χ3v) is 4.00. The average Bonchev–Trinajstić information content (AvgIpc) is 2.70. The Morgan fingerprint density at radius 1 is 1.14 bits per heavy atom. The van der Waals surface area contributed by atoms with Crippen LogP contribution in [0.2, 0.25) is 0 Å². The first-order valence-corrected chi connectivity index (χ1v) is 8.36. The monoisotopic (exact) mass is 405 g/mol. The number of benzene rings is 2. The van der Waals surface area contributed by atoms with Gasteiger partial charge >= 0.3 is 5.97 Å². The van der Waals surface area contributed by atoms with Crippen molar-refractivity contribution >= 4 is 28.5 Å². The molecule has 0 aliphatic rings. The standard InChI is InChI=1S/C19H14F3N3O4/c1-10(18(27)24-14-7-6-12(20)16(21)17(14)22)29-15(26)8-25-9-23-13-5-3-2-4-11(13)19(25)28/h2-7,9-10H,8H2,1H3,(H,24,27)/t10-/m0/s1. The summed E-state index contributed by atoms with van der Waals surface area (Å²) in [6.07, 6.45) is -0.216. The molecule has 0 radical (unpaired) electrons. The van der Waals surface area contributed by atoms with E-state index in [0.29, 0.717) is 17.0 Å². The van der Waals surface area contributed by atoms with Gasteiger partial charge in [0.2, 0.25) is 0 Å². The summed E-state index contributed by atoms with van der Waals surface area (Å²) in [6, 6.07) is 8.04. The molecule has 0 unspecified atom stereocenters. The molecule has 0 saturated carbocycles. The van der Waals surface area contributed by atoms with Crippen LogP contribution < -0.4 is 10.9 Å². The van der Waals surface area contributed by atoms with Crippen LogP contribution in [0.4, 0.5) is 18.9 Å². The molecule has 3 aromatic rings. The molecule has 1 amide bonds. The van der Waals surface area contributed by atoms with Crippen LogP contribution in [0.1, 0.15) is 6.92 Å². The summed E-state index contributed by atoms with van der Waals surface area (Å²) in [5, 5.41) is 2.31. The van der Waals surface area contributed by atoms with Crippen molar-refractivity contribution in [3.05, 3.63) is 70.5 Å². The van der Waals surface area contributed by atoms with E-state index in [-0.39, 0.29) is 0 Å². The molecule has 3 rings (SSSR count). The molecule has 0 aliphatic carbocycles. The summed E-state index contributed by atoms with van der Waals surface area (Å²) >= 11 is 0. The predicted octanol–water partition coefficient (Wildman–Crippen LogP) is 2.38. The van der Waals surface area contributed by atoms with E-state index in [2.05, 4.69) is 4.98 Å². The molecular weight excluding hydrogens is 391 g/mol. The van der Waals surface area contributed by atoms with Gasteiger partial charge in [-0.15, -0.1) is 0 Å². The summed E-state index contributed by atoms with van der Waals surface area (Å²) in [7, 11) is 0. The summed E-state index contributed by atoms with van der Waals surface area (Å²) in [5.41, 5.74) is -0.608. The fourth-order valence-corrected chi connectivity index (χ4v) is 2.50. The molecule has 0 aliphatic heterocycles. The number of halogens is 3. The van der Waals surface area contributed by atoms with Crippen LogP contribution in [0.15, 0.2) is 47.5 Å².